The van der Waals surface area contributed by atoms with Crippen LogP contribution in [0.15, 0.2) is 30.9 Å². The van der Waals surface area contributed by atoms with Gasteiger partial charge in [0, 0.05) is 25.2 Å². The summed E-state index contributed by atoms with van der Waals surface area (Å²) in [5.74, 6) is -0.264. The van der Waals surface area contributed by atoms with Crippen LogP contribution in [0.4, 0.5) is 13.2 Å². The first-order chi connectivity index (χ1) is 11.9. The first-order valence-electron chi connectivity index (χ1n) is 8.38. The molecule has 25 heavy (non-hydrogen) atoms. The molecule has 2 bridgehead atoms. The Labute approximate surface area is 144 Å². The van der Waals surface area contributed by atoms with Gasteiger partial charge in [-0.1, -0.05) is 12.7 Å². The Morgan fingerprint density at radius 2 is 2.08 bits per heavy atom. The summed E-state index contributed by atoms with van der Waals surface area (Å²) < 4.78 is 44.6. The van der Waals surface area contributed by atoms with Gasteiger partial charge in [0.2, 0.25) is 0 Å². The van der Waals surface area contributed by atoms with E-state index < -0.39 is 17.6 Å². The Kier molecular flexibility index (Phi) is 5.03. The maximum absolute atomic E-state index is 13.1. The molecule has 0 saturated carbocycles. The minimum absolute atomic E-state index is 0.0468. The highest BCUT2D eigenvalue weighted by molar-refractivity contribution is 5.97. The van der Waals surface area contributed by atoms with Crippen molar-refractivity contribution in [3.05, 3.63) is 42.0 Å². The molecule has 2 unspecified atom stereocenters. The summed E-state index contributed by atoms with van der Waals surface area (Å²) in [5, 5.41) is 3.46. The Morgan fingerprint density at radius 1 is 1.32 bits per heavy atom. The number of alkyl halides is 3. The lowest BCUT2D eigenvalue weighted by atomic mass is 10.0. The molecule has 3 rings (SSSR count). The Bertz CT molecular complexity index is 660. The second-order valence-electron chi connectivity index (χ2n) is 6.49. The smallest absolute Gasteiger partial charge is 0.416 e. The number of carbonyl (C=O) groups is 1. The standard InChI is InChI=1S/C18H21F3N2O2/c1-2-9-25-16-6-3-12(18(19,20)21)10-15(16)17(24)23-8-7-13-4-5-14(11-23)22-13/h2-3,6,10,13-14,22H,1,4-5,7-9,11H2. The fourth-order valence-electron chi connectivity index (χ4n) is 3.45. The van der Waals surface area contributed by atoms with Gasteiger partial charge in [0.25, 0.3) is 5.91 Å². The van der Waals surface area contributed by atoms with E-state index in [4.69, 9.17) is 4.74 Å². The van der Waals surface area contributed by atoms with Gasteiger partial charge >= 0.3 is 6.18 Å². The predicted octanol–water partition coefficient (Wildman–Crippen LogP) is 3.24. The molecule has 2 aliphatic heterocycles. The fourth-order valence-corrected chi connectivity index (χ4v) is 3.45. The molecule has 2 heterocycles. The SMILES string of the molecule is C=CCOc1ccc(C(F)(F)F)cc1C(=O)N1CCC2CCC(C1)N2. The van der Waals surface area contributed by atoms with Gasteiger partial charge in [-0.3, -0.25) is 4.79 Å². The van der Waals surface area contributed by atoms with Gasteiger partial charge in [0.15, 0.2) is 0 Å². The molecule has 4 nitrogen and oxygen atoms in total. The molecule has 136 valence electrons. The normalized spacial score (nSPS) is 23.2. The molecule has 0 radical (unpaired) electrons. The lowest BCUT2D eigenvalue weighted by Gasteiger charge is -2.25. The fraction of sp³-hybridized carbons (Fsp3) is 0.500. The summed E-state index contributed by atoms with van der Waals surface area (Å²) in [4.78, 5) is 14.5. The number of benzene rings is 1. The van der Waals surface area contributed by atoms with E-state index in [2.05, 4.69) is 11.9 Å². The van der Waals surface area contributed by atoms with E-state index in [9.17, 15) is 18.0 Å². The highest BCUT2D eigenvalue weighted by Crippen LogP contribution is 2.33. The van der Waals surface area contributed by atoms with Gasteiger partial charge in [-0.15, -0.1) is 0 Å². The molecule has 0 aromatic heterocycles. The number of amides is 1. The topological polar surface area (TPSA) is 41.6 Å². The number of carbonyl (C=O) groups excluding carboxylic acids is 1. The predicted molar refractivity (Wildman–Crippen MR) is 87.6 cm³/mol. The zero-order valence-electron chi connectivity index (χ0n) is 13.8. The van der Waals surface area contributed by atoms with Crippen molar-refractivity contribution in [2.24, 2.45) is 0 Å². The maximum Gasteiger partial charge on any atom is 0.416 e. The zero-order chi connectivity index (χ0) is 18.0. The Hall–Kier alpha value is -2.02. The molecular formula is C18H21F3N2O2. The molecular weight excluding hydrogens is 333 g/mol. The molecule has 2 aliphatic rings. The monoisotopic (exact) mass is 354 g/mol. The van der Waals surface area contributed by atoms with E-state index >= 15 is 0 Å². The van der Waals surface area contributed by atoms with Crippen LogP contribution in [-0.2, 0) is 6.18 Å². The van der Waals surface area contributed by atoms with Gasteiger partial charge in [-0.05, 0) is 37.5 Å². The zero-order valence-corrected chi connectivity index (χ0v) is 13.8. The molecule has 1 N–H and O–H groups in total. The van der Waals surface area contributed by atoms with Crippen molar-refractivity contribution in [2.45, 2.75) is 37.5 Å². The molecule has 2 fully saturated rings. The molecule has 2 atom stereocenters. The third-order valence-electron chi connectivity index (χ3n) is 4.70. The van der Waals surface area contributed by atoms with Crippen molar-refractivity contribution >= 4 is 5.91 Å². The highest BCUT2D eigenvalue weighted by atomic mass is 19.4. The van der Waals surface area contributed by atoms with Crippen molar-refractivity contribution in [1.82, 2.24) is 10.2 Å². The Balaban J connectivity index is 1.89. The van der Waals surface area contributed by atoms with Gasteiger partial charge < -0.3 is 15.0 Å². The van der Waals surface area contributed by atoms with Crippen molar-refractivity contribution in [3.63, 3.8) is 0 Å². The summed E-state index contributed by atoms with van der Waals surface area (Å²) in [6.07, 6.45) is -0.142. The molecule has 2 saturated heterocycles. The lowest BCUT2D eigenvalue weighted by Crippen LogP contribution is -2.39. The van der Waals surface area contributed by atoms with Crippen LogP contribution < -0.4 is 10.1 Å². The van der Waals surface area contributed by atoms with Crippen LogP contribution in [-0.4, -0.2) is 42.6 Å². The summed E-state index contributed by atoms with van der Waals surface area (Å²) in [6.45, 7) is 4.69. The minimum atomic E-state index is -4.51. The van der Waals surface area contributed by atoms with Crippen molar-refractivity contribution < 1.29 is 22.7 Å². The van der Waals surface area contributed by atoms with Crippen LogP contribution in [0.3, 0.4) is 0 Å². The largest absolute Gasteiger partial charge is 0.489 e. The molecule has 7 heteroatoms. The molecule has 1 aromatic rings. The van der Waals surface area contributed by atoms with E-state index in [1.54, 1.807) is 4.90 Å². The Morgan fingerprint density at radius 3 is 2.80 bits per heavy atom. The van der Waals surface area contributed by atoms with Crippen LogP contribution in [0.1, 0.15) is 35.2 Å². The van der Waals surface area contributed by atoms with Gasteiger partial charge in [0.05, 0.1) is 11.1 Å². The average Bonchev–Trinajstić information content (AvgIpc) is 2.90. The van der Waals surface area contributed by atoms with E-state index in [-0.39, 0.29) is 24.0 Å². The number of hydrogen-bond donors (Lipinski definition) is 1. The number of fused-ring (bicyclic) bond motifs is 2. The van der Waals surface area contributed by atoms with Crippen LogP contribution in [0.2, 0.25) is 0 Å². The van der Waals surface area contributed by atoms with Crippen LogP contribution in [0.5, 0.6) is 5.75 Å². The maximum atomic E-state index is 13.1. The third-order valence-corrected chi connectivity index (χ3v) is 4.70. The summed E-state index contributed by atoms with van der Waals surface area (Å²) in [6, 6.07) is 3.63. The summed E-state index contributed by atoms with van der Waals surface area (Å²) >= 11 is 0. The number of halogens is 3. The quantitative estimate of drug-likeness (QED) is 0.844. The number of nitrogens with zero attached hydrogens (tertiary/aromatic N) is 1. The molecule has 1 amide bonds. The van der Waals surface area contributed by atoms with Gasteiger partial charge in [-0.25, -0.2) is 0 Å². The van der Waals surface area contributed by atoms with Gasteiger partial charge in [-0.2, -0.15) is 13.2 Å². The number of rotatable bonds is 4. The van der Waals surface area contributed by atoms with Crippen molar-refractivity contribution in [3.8, 4) is 5.75 Å². The lowest BCUT2D eigenvalue weighted by molar-refractivity contribution is -0.137. The molecule has 1 aromatic carbocycles. The number of ether oxygens (including phenoxy) is 1. The summed E-state index contributed by atoms with van der Waals surface area (Å²) in [5.41, 5.74) is -0.897. The third kappa shape index (κ3) is 3.98. The van der Waals surface area contributed by atoms with Crippen molar-refractivity contribution in [2.75, 3.05) is 19.7 Å². The molecule has 0 spiro atoms. The first-order valence-corrected chi connectivity index (χ1v) is 8.38. The number of hydrogen-bond acceptors (Lipinski definition) is 3. The van der Waals surface area contributed by atoms with Crippen LogP contribution in [0, 0.1) is 0 Å². The minimum Gasteiger partial charge on any atom is -0.489 e. The second-order valence-corrected chi connectivity index (χ2v) is 6.49. The van der Waals surface area contributed by atoms with Crippen LogP contribution >= 0.6 is 0 Å². The summed E-state index contributed by atoms with van der Waals surface area (Å²) in [7, 11) is 0. The van der Waals surface area contributed by atoms with E-state index in [1.165, 1.54) is 12.1 Å². The van der Waals surface area contributed by atoms with Gasteiger partial charge in [0.1, 0.15) is 12.4 Å². The number of likely N-dealkylation sites (tertiary alicyclic amines) is 1. The van der Waals surface area contributed by atoms with E-state index in [0.717, 1.165) is 31.4 Å². The van der Waals surface area contributed by atoms with Crippen molar-refractivity contribution in [1.29, 1.82) is 0 Å². The number of nitrogens with one attached hydrogen (secondary N) is 1. The second kappa shape index (κ2) is 7.07. The van der Waals surface area contributed by atoms with Crippen LogP contribution in [0.25, 0.3) is 0 Å². The van der Waals surface area contributed by atoms with E-state index in [0.29, 0.717) is 19.1 Å². The highest BCUT2D eigenvalue weighted by Gasteiger charge is 2.35. The first kappa shape index (κ1) is 17.8. The van der Waals surface area contributed by atoms with E-state index in [1.807, 2.05) is 0 Å². The molecule has 0 aliphatic carbocycles. The average molecular weight is 354 g/mol.